The topological polar surface area (TPSA) is 36.7 Å². The van der Waals surface area contributed by atoms with E-state index in [2.05, 4.69) is 4.98 Å². The maximum absolute atomic E-state index is 12.6. The Balaban J connectivity index is 3.07. The molecule has 0 spiro atoms. The molecule has 0 saturated carbocycles. The number of hydrogen-bond acceptors (Lipinski definition) is 2. The lowest BCUT2D eigenvalue weighted by atomic mass is 10.2. The van der Waals surface area contributed by atoms with Crippen molar-refractivity contribution in [3.63, 3.8) is 0 Å². The Morgan fingerprint density at radius 1 is 1.50 bits per heavy atom. The molecule has 0 aromatic carbocycles. The van der Waals surface area contributed by atoms with Gasteiger partial charge in [-0.15, -0.1) is 0 Å². The molecule has 0 atom stereocenters. The molecule has 1 heterocycles. The van der Waals surface area contributed by atoms with Crippen LogP contribution in [-0.4, -0.2) is 4.98 Å². The van der Waals surface area contributed by atoms with Gasteiger partial charge in [0.1, 0.15) is 11.8 Å². The van der Waals surface area contributed by atoms with E-state index < -0.39 is 11.6 Å². The van der Waals surface area contributed by atoms with Crippen LogP contribution in [0.2, 0.25) is 0 Å². The van der Waals surface area contributed by atoms with E-state index in [0.717, 1.165) is 17.7 Å². The number of pyridine rings is 1. The lowest BCUT2D eigenvalue weighted by molar-refractivity contribution is 0.0563. The van der Waals surface area contributed by atoms with Crippen LogP contribution in [0, 0.1) is 18.3 Å². The second-order valence-electron chi connectivity index (χ2n) is 2.41. The molecule has 1 aromatic heterocycles. The quantitative estimate of drug-likeness (QED) is 0.643. The fraction of sp³-hybridized carbons (Fsp3) is 0.250. The summed E-state index contributed by atoms with van der Waals surface area (Å²) in [5.41, 5.74) is 0.281. The van der Waals surface area contributed by atoms with E-state index in [4.69, 9.17) is 5.26 Å². The highest BCUT2D eigenvalue weighted by Gasteiger charge is 2.32. The van der Waals surface area contributed by atoms with Crippen LogP contribution in [0.25, 0.3) is 0 Å². The zero-order valence-corrected chi connectivity index (χ0v) is 6.38. The van der Waals surface area contributed by atoms with Gasteiger partial charge in [0.05, 0.1) is 0 Å². The number of halogens is 2. The first-order chi connectivity index (χ1) is 5.56. The molecule has 0 saturated heterocycles. The number of nitrogens with zero attached hydrogens (tertiary/aromatic N) is 2. The van der Waals surface area contributed by atoms with Crippen molar-refractivity contribution in [3.8, 4) is 6.07 Å². The Labute approximate surface area is 68.5 Å². The van der Waals surface area contributed by atoms with Gasteiger partial charge in [-0.25, -0.2) is 0 Å². The van der Waals surface area contributed by atoms with Crippen LogP contribution in [0.3, 0.4) is 0 Å². The summed E-state index contributed by atoms with van der Waals surface area (Å²) in [5, 5.41) is 8.08. The third-order valence-corrected chi connectivity index (χ3v) is 1.37. The summed E-state index contributed by atoms with van der Waals surface area (Å²) < 4.78 is 25.2. The van der Waals surface area contributed by atoms with Gasteiger partial charge in [-0.1, -0.05) is 6.07 Å². The Bertz CT molecular complexity index is 311. The molecule has 0 amide bonds. The smallest absolute Gasteiger partial charge is 0.253 e. The van der Waals surface area contributed by atoms with E-state index in [1.165, 1.54) is 12.3 Å². The minimum atomic E-state index is -3.48. The SMILES string of the molecule is Cc1ccc(C(F)(F)C#N)nc1. The third kappa shape index (κ3) is 1.56. The molecular weight excluding hydrogens is 162 g/mol. The average molecular weight is 168 g/mol. The predicted molar refractivity (Wildman–Crippen MR) is 38.5 cm³/mol. The van der Waals surface area contributed by atoms with Crippen molar-refractivity contribution in [2.45, 2.75) is 12.8 Å². The van der Waals surface area contributed by atoms with Crippen LogP contribution in [-0.2, 0) is 5.92 Å². The normalized spacial score (nSPS) is 10.8. The summed E-state index contributed by atoms with van der Waals surface area (Å²) in [5.74, 6) is -3.48. The van der Waals surface area contributed by atoms with Crippen molar-refractivity contribution in [3.05, 3.63) is 29.6 Å². The first kappa shape index (κ1) is 8.60. The minimum absolute atomic E-state index is 0.504. The van der Waals surface area contributed by atoms with Gasteiger partial charge in [0.25, 0.3) is 0 Å². The second-order valence-corrected chi connectivity index (χ2v) is 2.41. The first-order valence-corrected chi connectivity index (χ1v) is 3.28. The Kier molecular flexibility index (Phi) is 2.05. The monoisotopic (exact) mass is 168 g/mol. The van der Waals surface area contributed by atoms with E-state index in [-0.39, 0.29) is 0 Å². The number of nitriles is 1. The molecule has 1 rings (SSSR count). The lowest BCUT2D eigenvalue weighted by Crippen LogP contribution is -2.11. The molecule has 0 aliphatic rings. The van der Waals surface area contributed by atoms with E-state index in [9.17, 15) is 8.78 Å². The van der Waals surface area contributed by atoms with E-state index in [1.54, 1.807) is 6.92 Å². The van der Waals surface area contributed by atoms with Crippen molar-refractivity contribution in [1.29, 1.82) is 5.26 Å². The van der Waals surface area contributed by atoms with Gasteiger partial charge in [0, 0.05) is 6.20 Å². The number of rotatable bonds is 1. The van der Waals surface area contributed by atoms with Gasteiger partial charge in [-0.2, -0.15) is 14.0 Å². The van der Waals surface area contributed by atoms with Crippen molar-refractivity contribution < 1.29 is 8.78 Å². The Hall–Kier alpha value is -1.50. The summed E-state index contributed by atoms with van der Waals surface area (Å²) in [6.45, 7) is 1.74. The summed E-state index contributed by atoms with van der Waals surface area (Å²) in [4.78, 5) is 3.45. The molecule has 2 nitrogen and oxygen atoms in total. The second kappa shape index (κ2) is 2.86. The van der Waals surface area contributed by atoms with Gasteiger partial charge >= 0.3 is 5.92 Å². The molecule has 0 aliphatic heterocycles. The molecule has 4 heteroatoms. The first-order valence-electron chi connectivity index (χ1n) is 3.28. The average Bonchev–Trinajstić information content (AvgIpc) is 2.05. The maximum Gasteiger partial charge on any atom is 0.373 e. The van der Waals surface area contributed by atoms with Gasteiger partial charge in [-0.3, -0.25) is 4.98 Å². The van der Waals surface area contributed by atoms with Crippen molar-refractivity contribution in [2.75, 3.05) is 0 Å². The lowest BCUT2D eigenvalue weighted by Gasteiger charge is -2.05. The highest BCUT2D eigenvalue weighted by molar-refractivity contribution is 5.20. The van der Waals surface area contributed by atoms with Gasteiger partial charge in [-0.05, 0) is 18.6 Å². The molecule has 0 radical (unpaired) electrons. The van der Waals surface area contributed by atoms with Crippen LogP contribution in [0.4, 0.5) is 8.78 Å². The van der Waals surface area contributed by atoms with Crippen LogP contribution in [0.5, 0.6) is 0 Å². The van der Waals surface area contributed by atoms with Crippen LogP contribution < -0.4 is 0 Å². The molecule has 0 aliphatic carbocycles. The molecule has 0 N–H and O–H groups in total. The van der Waals surface area contributed by atoms with E-state index in [0.29, 0.717) is 0 Å². The third-order valence-electron chi connectivity index (χ3n) is 1.37. The Morgan fingerprint density at radius 2 is 2.17 bits per heavy atom. The zero-order chi connectivity index (χ0) is 9.19. The number of alkyl halides is 2. The zero-order valence-electron chi connectivity index (χ0n) is 6.38. The number of aryl methyl sites for hydroxylation is 1. The molecule has 62 valence electrons. The maximum atomic E-state index is 12.6. The van der Waals surface area contributed by atoms with E-state index >= 15 is 0 Å². The fourth-order valence-electron chi connectivity index (χ4n) is 0.711. The number of aromatic nitrogens is 1. The minimum Gasteiger partial charge on any atom is -0.253 e. The van der Waals surface area contributed by atoms with Crippen LogP contribution >= 0.6 is 0 Å². The number of hydrogen-bond donors (Lipinski definition) is 0. The van der Waals surface area contributed by atoms with Crippen molar-refractivity contribution in [2.24, 2.45) is 0 Å². The highest BCUT2D eigenvalue weighted by atomic mass is 19.3. The van der Waals surface area contributed by atoms with Crippen molar-refractivity contribution in [1.82, 2.24) is 4.98 Å². The van der Waals surface area contributed by atoms with E-state index in [1.807, 2.05) is 0 Å². The summed E-state index contributed by atoms with van der Waals surface area (Å²) in [6, 6.07) is 3.53. The summed E-state index contributed by atoms with van der Waals surface area (Å²) >= 11 is 0. The van der Waals surface area contributed by atoms with Crippen LogP contribution in [0.15, 0.2) is 18.3 Å². The Morgan fingerprint density at radius 3 is 2.58 bits per heavy atom. The van der Waals surface area contributed by atoms with Gasteiger partial charge in [0.15, 0.2) is 0 Å². The molecule has 0 bridgehead atoms. The molecule has 1 aromatic rings. The molecular formula is C8H6F2N2. The predicted octanol–water partition coefficient (Wildman–Crippen LogP) is 2.01. The largest absolute Gasteiger partial charge is 0.373 e. The van der Waals surface area contributed by atoms with Gasteiger partial charge in [0.2, 0.25) is 0 Å². The fourth-order valence-corrected chi connectivity index (χ4v) is 0.711. The van der Waals surface area contributed by atoms with Gasteiger partial charge < -0.3 is 0 Å². The molecule has 0 unspecified atom stereocenters. The molecule has 0 fully saturated rings. The summed E-state index contributed by atoms with van der Waals surface area (Å²) in [6.07, 6.45) is 1.31. The summed E-state index contributed by atoms with van der Waals surface area (Å²) in [7, 11) is 0. The van der Waals surface area contributed by atoms with Crippen molar-refractivity contribution >= 4 is 0 Å². The van der Waals surface area contributed by atoms with Crippen LogP contribution in [0.1, 0.15) is 11.3 Å². The standard InChI is InChI=1S/C8H6F2N2/c1-6-2-3-7(12-4-6)8(9,10)5-11/h2-4H,1H3. The molecule has 12 heavy (non-hydrogen) atoms. The highest BCUT2D eigenvalue weighted by Crippen LogP contribution is 2.24.